The lowest BCUT2D eigenvalue weighted by atomic mass is 9.79. The van der Waals surface area contributed by atoms with Gasteiger partial charge in [-0.05, 0) is 18.8 Å². The van der Waals surface area contributed by atoms with E-state index in [0.717, 1.165) is 12.3 Å². The predicted molar refractivity (Wildman–Crippen MR) is 77.5 cm³/mol. The van der Waals surface area contributed by atoms with Gasteiger partial charge in [0.25, 0.3) is 0 Å². The zero-order valence-corrected chi connectivity index (χ0v) is 12.7. The van der Waals surface area contributed by atoms with Gasteiger partial charge in [0.1, 0.15) is 5.37 Å². The Kier molecular flexibility index (Phi) is 4.97. The molecule has 2 N–H and O–H groups in total. The predicted octanol–water partition coefficient (Wildman–Crippen LogP) is 0.923. The summed E-state index contributed by atoms with van der Waals surface area (Å²) in [6.45, 7) is 3.20. The van der Waals surface area contributed by atoms with E-state index in [-0.39, 0.29) is 17.2 Å². The molecular weight excluding hydrogens is 268 g/mol. The van der Waals surface area contributed by atoms with Crippen LogP contribution in [-0.2, 0) is 9.84 Å². The molecule has 0 radical (unpaired) electrons. The van der Waals surface area contributed by atoms with Crippen LogP contribution in [0.5, 0.6) is 0 Å². The van der Waals surface area contributed by atoms with Crippen LogP contribution in [0.2, 0.25) is 0 Å². The molecule has 0 aromatic heterocycles. The highest BCUT2D eigenvalue weighted by Gasteiger charge is 2.40. The van der Waals surface area contributed by atoms with Gasteiger partial charge in [-0.25, -0.2) is 8.42 Å². The second kappa shape index (κ2) is 6.11. The van der Waals surface area contributed by atoms with E-state index >= 15 is 0 Å². The molecule has 1 saturated carbocycles. The van der Waals surface area contributed by atoms with Gasteiger partial charge in [0.05, 0.1) is 0 Å². The first-order chi connectivity index (χ1) is 8.60. The van der Waals surface area contributed by atoms with Gasteiger partial charge in [0.15, 0.2) is 9.84 Å². The molecule has 18 heavy (non-hydrogen) atoms. The first kappa shape index (κ1) is 14.6. The van der Waals surface area contributed by atoms with E-state index in [0.29, 0.717) is 18.2 Å². The first-order valence-electron chi connectivity index (χ1n) is 6.85. The quantitative estimate of drug-likeness (QED) is 0.816. The Hall–Kier alpha value is 0.220. The Balaban J connectivity index is 2.15. The molecule has 106 valence electrons. The zero-order chi connectivity index (χ0) is 13.2. The summed E-state index contributed by atoms with van der Waals surface area (Å²) in [5.74, 6) is 2.59. The Labute approximate surface area is 115 Å². The van der Waals surface area contributed by atoms with Crippen molar-refractivity contribution in [1.29, 1.82) is 0 Å². The molecule has 2 rings (SSSR count). The normalized spacial score (nSPS) is 28.9. The number of sulfone groups is 1. The fourth-order valence-electron chi connectivity index (χ4n) is 2.90. The second-order valence-corrected chi connectivity index (χ2v) is 8.81. The largest absolute Gasteiger partial charge is 0.329 e. The van der Waals surface area contributed by atoms with E-state index in [9.17, 15) is 8.42 Å². The zero-order valence-electron chi connectivity index (χ0n) is 11.0. The third-order valence-corrected chi connectivity index (χ3v) is 7.61. The minimum absolute atomic E-state index is 0.233. The third-order valence-electron chi connectivity index (χ3n) is 4.30. The molecule has 1 saturated heterocycles. The SMILES string of the molecule is CCS(=O)(=O)C1CSCCN1C(CN)C1CCC1. The number of thioether (sulfide) groups is 1. The molecule has 2 unspecified atom stereocenters. The lowest BCUT2D eigenvalue weighted by molar-refractivity contribution is 0.0971. The maximum Gasteiger partial charge on any atom is 0.166 e. The molecule has 0 amide bonds. The average Bonchev–Trinajstić information content (AvgIpc) is 2.33. The molecule has 1 aliphatic carbocycles. The molecule has 0 bridgehead atoms. The molecule has 0 spiro atoms. The van der Waals surface area contributed by atoms with E-state index in [1.165, 1.54) is 19.3 Å². The van der Waals surface area contributed by atoms with Crippen LogP contribution in [0.25, 0.3) is 0 Å². The maximum absolute atomic E-state index is 12.2. The first-order valence-corrected chi connectivity index (χ1v) is 9.72. The van der Waals surface area contributed by atoms with E-state index in [4.69, 9.17) is 5.73 Å². The summed E-state index contributed by atoms with van der Waals surface area (Å²) in [5, 5.41) is -0.310. The lowest BCUT2D eigenvalue weighted by Crippen LogP contribution is -2.57. The molecule has 2 aliphatic rings. The van der Waals surface area contributed by atoms with Crippen molar-refractivity contribution < 1.29 is 8.42 Å². The van der Waals surface area contributed by atoms with Gasteiger partial charge in [-0.1, -0.05) is 13.3 Å². The highest BCUT2D eigenvalue weighted by molar-refractivity contribution is 8.01. The van der Waals surface area contributed by atoms with Crippen LogP contribution in [0.4, 0.5) is 0 Å². The smallest absolute Gasteiger partial charge is 0.166 e. The van der Waals surface area contributed by atoms with Crippen molar-refractivity contribution >= 4 is 21.6 Å². The van der Waals surface area contributed by atoms with Crippen molar-refractivity contribution in [2.24, 2.45) is 11.7 Å². The topological polar surface area (TPSA) is 63.4 Å². The standard InChI is InChI=1S/C12H24N2O2S2/c1-2-18(15,16)12-9-17-7-6-14(12)11(8-13)10-4-3-5-10/h10-12H,2-9,13H2,1H3. The lowest BCUT2D eigenvalue weighted by Gasteiger charge is -2.45. The Morgan fingerprint density at radius 2 is 2.17 bits per heavy atom. The van der Waals surface area contributed by atoms with E-state index in [1.807, 2.05) is 0 Å². The van der Waals surface area contributed by atoms with Gasteiger partial charge in [0, 0.05) is 36.4 Å². The number of nitrogens with zero attached hydrogens (tertiary/aromatic N) is 1. The highest BCUT2D eigenvalue weighted by atomic mass is 32.2. The molecule has 4 nitrogen and oxygen atoms in total. The van der Waals surface area contributed by atoms with Gasteiger partial charge >= 0.3 is 0 Å². The minimum Gasteiger partial charge on any atom is -0.329 e. The summed E-state index contributed by atoms with van der Waals surface area (Å²) in [4.78, 5) is 2.19. The summed E-state index contributed by atoms with van der Waals surface area (Å²) >= 11 is 1.75. The maximum atomic E-state index is 12.2. The summed E-state index contributed by atoms with van der Waals surface area (Å²) in [6.07, 6.45) is 3.70. The number of nitrogens with two attached hydrogens (primary N) is 1. The van der Waals surface area contributed by atoms with Gasteiger partial charge in [0.2, 0.25) is 0 Å². The molecule has 0 aromatic rings. The van der Waals surface area contributed by atoms with E-state index in [2.05, 4.69) is 4.90 Å². The van der Waals surface area contributed by atoms with Crippen LogP contribution in [0, 0.1) is 5.92 Å². The number of hydrogen-bond donors (Lipinski definition) is 1. The van der Waals surface area contributed by atoms with Crippen LogP contribution in [0.15, 0.2) is 0 Å². The van der Waals surface area contributed by atoms with Crippen molar-refractivity contribution in [3.63, 3.8) is 0 Å². The van der Waals surface area contributed by atoms with Crippen LogP contribution >= 0.6 is 11.8 Å². The summed E-state index contributed by atoms with van der Waals surface area (Å²) < 4.78 is 24.4. The summed E-state index contributed by atoms with van der Waals surface area (Å²) in [7, 11) is -2.99. The van der Waals surface area contributed by atoms with Crippen LogP contribution in [0.1, 0.15) is 26.2 Å². The van der Waals surface area contributed by atoms with Crippen molar-refractivity contribution in [2.75, 3.05) is 30.3 Å². The molecule has 0 aromatic carbocycles. The second-order valence-electron chi connectivity index (χ2n) is 5.21. The van der Waals surface area contributed by atoms with Crippen molar-refractivity contribution in [3.8, 4) is 0 Å². The Morgan fingerprint density at radius 1 is 1.44 bits per heavy atom. The van der Waals surface area contributed by atoms with Crippen LogP contribution in [-0.4, -0.2) is 55.1 Å². The highest BCUT2D eigenvalue weighted by Crippen LogP contribution is 2.35. The monoisotopic (exact) mass is 292 g/mol. The molecule has 1 aliphatic heterocycles. The number of hydrogen-bond acceptors (Lipinski definition) is 5. The molecule has 2 atom stereocenters. The fourth-order valence-corrected chi connectivity index (χ4v) is 5.98. The third kappa shape index (κ3) is 2.86. The minimum atomic E-state index is -2.99. The van der Waals surface area contributed by atoms with Crippen LogP contribution < -0.4 is 5.73 Å². The van der Waals surface area contributed by atoms with Crippen LogP contribution in [0.3, 0.4) is 0 Å². The average molecular weight is 292 g/mol. The van der Waals surface area contributed by atoms with Gasteiger partial charge in [-0.2, -0.15) is 11.8 Å². The summed E-state index contributed by atoms with van der Waals surface area (Å²) in [6, 6.07) is 0.269. The Morgan fingerprint density at radius 3 is 2.67 bits per heavy atom. The molecule has 6 heteroatoms. The van der Waals surface area contributed by atoms with Gasteiger partial charge in [-0.3, -0.25) is 4.90 Å². The van der Waals surface area contributed by atoms with Crippen molar-refractivity contribution in [1.82, 2.24) is 4.90 Å². The molecule has 2 fully saturated rings. The molecular formula is C12H24N2O2S2. The van der Waals surface area contributed by atoms with E-state index in [1.54, 1.807) is 18.7 Å². The van der Waals surface area contributed by atoms with Crippen molar-refractivity contribution in [3.05, 3.63) is 0 Å². The molecule has 1 heterocycles. The van der Waals surface area contributed by atoms with Crippen molar-refractivity contribution in [2.45, 2.75) is 37.6 Å². The summed E-state index contributed by atoms with van der Waals surface area (Å²) in [5.41, 5.74) is 5.92. The van der Waals surface area contributed by atoms with Gasteiger partial charge < -0.3 is 5.73 Å². The number of rotatable bonds is 5. The fraction of sp³-hybridized carbons (Fsp3) is 1.00. The van der Waals surface area contributed by atoms with Gasteiger partial charge in [-0.15, -0.1) is 0 Å². The van der Waals surface area contributed by atoms with E-state index < -0.39 is 9.84 Å². The Bertz CT molecular complexity index is 368.